The largest absolute Gasteiger partial charge is 0.384 e. The molecule has 0 aliphatic carbocycles. The third-order valence-electron chi connectivity index (χ3n) is 3.80. The number of hydrogen-bond acceptors (Lipinski definition) is 2. The van der Waals surface area contributed by atoms with Gasteiger partial charge in [0.1, 0.15) is 6.61 Å². The highest BCUT2D eigenvalue weighted by atomic mass is 16.2. The highest BCUT2D eigenvalue weighted by Crippen LogP contribution is 2.23. The first-order valence-corrected chi connectivity index (χ1v) is 7.12. The highest BCUT2D eigenvalue weighted by Gasteiger charge is 2.27. The molecule has 0 aromatic heterocycles. The summed E-state index contributed by atoms with van der Waals surface area (Å²) in [4.78, 5) is 14.6. The molecule has 1 aliphatic rings. The summed E-state index contributed by atoms with van der Waals surface area (Å²) >= 11 is 0. The van der Waals surface area contributed by atoms with E-state index in [0.29, 0.717) is 17.5 Å². The maximum Gasteiger partial charge on any atom is 0.254 e. The first kappa shape index (κ1) is 14.6. The first-order chi connectivity index (χ1) is 9.61. The molecule has 3 heteroatoms. The minimum atomic E-state index is -0.168. The van der Waals surface area contributed by atoms with E-state index in [2.05, 4.69) is 25.7 Å². The number of benzene rings is 1. The summed E-state index contributed by atoms with van der Waals surface area (Å²) in [7, 11) is 0. The second kappa shape index (κ2) is 6.58. The molecule has 1 amide bonds. The molecule has 1 N–H and O–H groups in total. The second-order valence-corrected chi connectivity index (χ2v) is 5.53. The Labute approximate surface area is 120 Å². The predicted octanol–water partition coefficient (Wildman–Crippen LogP) is 2.29. The van der Waals surface area contributed by atoms with Crippen LogP contribution in [0.2, 0.25) is 0 Å². The van der Waals surface area contributed by atoms with E-state index in [9.17, 15) is 4.79 Å². The molecule has 3 nitrogen and oxygen atoms in total. The van der Waals surface area contributed by atoms with E-state index < -0.39 is 0 Å². The standard InChI is InChI=1S/C17H21NO2/c1-13-8-9-14(2)18(12-13)17(20)16-7-3-5-15(11-16)6-4-10-19/h3,5,7,11,13-14,19H,8-10,12H2,1-2H3. The summed E-state index contributed by atoms with van der Waals surface area (Å²) < 4.78 is 0. The molecule has 106 valence electrons. The molecule has 1 saturated heterocycles. The van der Waals surface area contributed by atoms with Gasteiger partial charge in [-0.25, -0.2) is 0 Å². The lowest BCUT2D eigenvalue weighted by Crippen LogP contribution is -2.44. The summed E-state index contributed by atoms with van der Waals surface area (Å²) in [5, 5.41) is 8.73. The second-order valence-electron chi connectivity index (χ2n) is 5.53. The van der Waals surface area contributed by atoms with Crippen LogP contribution in [0.25, 0.3) is 0 Å². The highest BCUT2D eigenvalue weighted by molar-refractivity contribution is 5.94. The molecule has 20 heavy (non-hydrogen) atoms. The first-order valence-electron chi connectivity index (χ1n) is 7.12. The van der Waals surface area contributed by atoms with Gasteiger partial charge >= 0.3 is 0 Å². The van der Waals surface area contributed by atoms with Gasteiger partial charge in [-0.2, -0.15) is 0 Å². The number of amides is 1. The van der Waals surface area contributed by atoms with Crippen molar-refractivity contribution in [2.45, 2.75) is 32.7 Å². The third-order valence-corrected chi connectivity index (χ3v) is 3.80. The Balaban J connectivity index is 2.20. The Bertz CT molecular complexity index is 541. The van der Waals surface area contributed by atoms with E-state index in [4.69, 9.17) is 5.11 Å². The minimum absolute atomic E-state index is 0.0803. The number of likely N-dealkylation sites (tertiary alicyclic amines) is 1. The molecule has 2 unspecified atom stereocenters. The summed E-state index contributed by atoms with van der Waals surface area (Å²) in [6.07, 6.45) is 2.25. The zero-order chi connectivity index (χ0) is 14.5. The quantitative estimate of drug-likeness (QED) is 0.796. The van der Waals surface area contributed by atoms with E-state index >= 15 is 0 Å². The van der Waals surface area contributed by atoms with Crippen LogP contribution < -0.4 is 0 Å². The summed E-state index contributed by atoms with van der Waals surface area (Å²) in [5.74, 6) is 6.09. The zero-order valence-corrected chi connectivity index (χ0v) is 12.1. The molecule has 2 rings (SSSR count). The number of nitrogens with zero attached hydrogens (tertiary/aromatic N) is 1. The van der Waals surface area contributed by atoms with E-state index in [1.165, 1.54) is 6.42 Å². The van der Waals surface area contributed by atoms with E-state index in [1.54, 1.807) is 6.07 Å². The Morgan fingerprint density at radius 1 is 1.40 bits per heavy atom. The van der Waals surface area contributed by atoms with Gasteiger partial charge < -0.3 is 10.0 Å². The van der Waals surface area contributed by atoms with Gasteiger partial charge in [0.25, 0.3) is 5.91 Å². The smallest absolute Gasteiger partial charge is 0.254 e. The van der Waals surface area contributed by atoms with Gasteiger partial charge in [-0.1, -0.05) is 24.8 Å². The van der Waals surface area contributed by atoms with Crippen LogP contribution in [0.4, 0.5) is 0 Å². The Hall–Kier alpha value is -1.79. The number of carbonyl (C=O) groups excluding carboxylic acids is 1. The normalized spacial score (nSPS) is 22.1. The van der Waals surface area contributed by atoms with Crippen molar-refractivity contribution in [2.24, 2.45) is 5.92 Å². The van der Waals surface area contributed by atoms with Crippen LogP contribution >= 0.6 is 0 Å². The Morgan fingerprint density at radius 3 is 2.95 bits per heavy atom. The maximum absolute atomic E-state index is 12.6. The molecule has 0 saturated carbocycles. The fourth-order valence-electron chi connectivity index (χ4n) is 2.61. The molecule has 1 aliphatic heterocycles. The van der Waals surface area contributed by atoms with Crippen LogP contribution in [0.5, 0.6) is 0 Å². The van der Waals surface area contributed by atoms with E-state index in [1.807, 2.05) is 23.1 Å². The monoisotopic (exact) mass is 271 g/mol. The van der Waals surface area contributed by atoms with Crippen molar-refractivity contribution >= 4 is 5.91 Å². The fraction of sp³-hybridized carbons (Fsp3) is 0.471. The molecule has 1 fully saturated rings. The molecule has 0 radical (unpaired) electrons. The molecule has 0 bridgehead atoms. The predicted molar refractivity (Wildman–Crippen MR) is 79.3 cm³/mol. The average molecular weight is 271 g/mol. The van der Waals surface area contributed by atoms with Gasteiger partial charge in [0.05, 0.1) is 0 Å². The van der Waals surface area contributed by atoms with Crippen LogP contribution in [0.15, 0.2) is 24.3 Å². The Kier molecular flexibility index (Phi) is 4.81. The maximum atomic E-state index is 12.6. The average Bonchev–Trinajstić information content (AvgIpc) is 2.47. The van der Waals surface area contributed by atoms with Gasteiger partial charge in [-0.3, -0.25) is 4.79 Å². The van der Waals surface area contributed by atoms with Crippen LogP contribution in [0.3, 0.4) is 0 Å². The number of aliphatic hydroxyl groups excluding tert-OH is 1. The number of rotatable bonds is 1. The minimum Gasteiger partial charge on any atom is -0.384 e. The van der Waals surface area contributed by atoms with Crippen LogP contribution in [-0.4, -0.2) is 35.1 Å². The summed E-state index contributed by atoms with van der Waals surface area (Å²) in [6.45, 7) is 4.96. The van der Waals surface area contributed by atoms with Crippen molar-refractivity contribution in [3.63, 3.8) is 0 Å². The third kappa shape index (κ3) is 3.40. The van der Waals surface area contributed by atoms with Crippen molar-refractivity contribution < 1.29 is 9.90 Å². The lowest BCUT2D eigenvalue weighted by molar-refractivity contribution is 0.0574. The SMILES string of the molecule is CC1CCC(C)N(C(=O)c2cccc(C#CCO)c2)C1. The van der Waals surface area contributed by atoms with E-state index in [-0.39, 0.29) is 12.5 Å². The van der Waals surface area contributed by atoms with Gasteiger partial charge in [-0.15, -0.1) is 0 Å². The topological polar surface area (TPSA) is 40.5 Å². The van der Waals surface area contributed by atoms with Gasteiger partial charge in [0, 0.05) is 23.7 Å². The summed E-state index contributed by atoms with van der Waals surface area (Å²) in [5.41, 5.74) is 1.44. The van der Waals surface area contributed by atoms with E-state index in [0.717, 1.165) is 18.5 Å². The number of carbonyl (C=O) groups is 1. The summed E-state index contributed by atoms with van der Waals surface area (Å²) in [6, 6.07) is 7.62. The molecule has 1 aromatic carbocycles. The lowest BCUT2D eigenvalue weighted by Gasteiger charge is -2.36. The molecular weight excluding hydrogens is 250 g/mol. The Morgan fingerprint density at radius 2 is 2.20 bits per heavy atom. The molecule has 0 spiro atoms. The van der Waals surface area contributed by atoms with Gasteiger partial charge in [0.15, 0.2) is 0 Å². The van der Waals surface area contributed by atoms with Gasteiger partial charge in [-0.05, 0) is 43.9 Å². The number of aliphatic hydroxyl groups is 1. The van der Waals surface area contributed by atoms with Crippen molar-refractivity contribution in [2.75, 3.05) is 13.2 Å². The lowest BCUT2D eigenvalue weighted by atomic mass is 9.94. The fourth-order valence-corrected chi connectivity index (χ4v) is 2.61. The van der Waals surface area contributed by atoms with Crippen LogP contribution in [-0.2, 0) is 0 Å². The molecule has 1 heterocycles. The molecule has 1 aromatic rings. The van der Waals surface area contributed by atoms with Crippen molar-refractivity contribution in [3.05, 3.63) is 35.4 Å². The molecular formula is C17H21NO2. The van der Waals surface area contributed by atoms with Crippen molar-refractivity contribution in [1.29, 1.82) is 0 Å². The van der Waals surface area contributed by atoms with Gasteiger partial charge in [0.2, 0.25) is 0 Å². The van der Waals surface area contributed by atoms with Crippen LogP contribution in [0.1, 0.15) is 42.6 Å². The zero-order valence-electron chi connectivity index (χ0n) is 12.1. The van der Waals surface area contributed by atoms with Crippen molar-refractivity contribution in [1.82, 2.24) is 4.90 Å². The number of piperidine rings is 1. The van der Waals surface area contributed by atoms with Crippen molar-refractivity contribution in [3.8, 4) is 11.8 Å². The number of hydrogen-bond donors (Lipinski definition) is 1. The van der Waals surface area contributed by atoms with Crippen LogP contribution in [0, 0.1) is 17.8 Å². The molecule has 2 atom stereocenters.